The quantitative estimate of drug-likeness (QED) is 0.247. The van der Waals surface area contributed by atoms with Crippen molar-refractivity contribution >= 4 is 5.91 Å². The molecular formula is C11H24N2O4. The summed E-state index contributed by atoms with van der Waals surface area (Å²) in [5.74, 6) is 4.83. The molecule has 0 saturated heterocycles. The van der Waals surface area contributed by atoms with Crippen LogP contribution in [0, 0.1) is 5.41 Å². The van der Waals surface area contributed by atoms with Gasteiger partial charge in [-0.05, 0) is 20.3 Å². The number of hydrogen-bond donors (Lipinski definition) is 2. The molecule has 0 heterocycles. The monoisotopic (exact) mass is 248 g/mol. The second-order valence-electron chi connectivity index (χ2n) is 4.37. The number of carbonyl (C=O) groups is 1. The van der Waals surface area contributed by atoms with E-state index in [2.05, 4.69) is 5.43 Å². The van der Waals surface area contributed by atoms with Gasteiger partial charge in [0, 0.05) is 20.3 Å². The van der Waals surface area contributed by atoms with E-state index in [1.54, 1.807) is 21.0 Å². The average Bonchev–Trinajstić information content (AvgIpc) is 2.31. The van der Waals surface area contributed by atoms with E-state index in [0.29, 0.717) is 33.0 Å². The molecule has 0 unspecified atom stereocenters. The van der Waals surface area contributed by atoms with E-state index in [1.165, 1.54) is 0 Å². The molecule has 0 fully saturated rings. The molecule has 6 heteroatoms. The van der Waals surface area contributed by atoms with Gasteiger partial charge in [0.1, 0.15) is 0 Å². The van der Waals surface area contributed by atoms with E-state index in [4.69, 9.17) is 20.1 Å². The van der Waals surface area contributed by atoms with Crippen molar-refractivity contribution in [3.63, 3.8) is 0 Å². The van der Waals surface area contributed by atoms with Crippen molar-refractivity contribution in [2.75, 3.05) is 40.1 Å². The predicted molar refractivity (Wildman–Crippen MR) is 64.2 cm³/mol. The van der Waals surface area contributed by atoms with Crippen molar-refractivity contribution in [3.8, 4) is 0 Å². The largest absolute Gasteiger partial charge is 0.385 e. The molecule has 0 aromatic rings. The SMILES string of the molecule is COCCCOCCOCC(C)(C)C(=O)NN. The molecule has 17 heavy (non-hydrogen) atoms. The fraction of sp³-hybridized carbons (Fsp3) is 0.909. The summed E-state index contributed by atoms with van der Waals surface area (Å²) in [6.07, 6.45) is 0.873. The zero-order valence-corrected chi connectivity index (χ0v) is 11.0. The highest BCUT2D eigenvalue weighted by atomic mass is 16.5. The Hall–Kier alpha value is -0.690. The summed E-state index contributed by atoms with van der Waals surface area (Å²) in [5.41, 5.74) is 1.50. The minimum absolute atomic E-state index is 0.237. The third-order valence-electron chi connectivity index (χ3n) is 2.22. The van der Waals surface area contributed by atoms with Crippen molar-refractivity contribution in [2.24, 2.45) is 11.3 Å². The molecule has 102 valence electrons. The molecule has 0 aromatic carbocycles. The maximum Gasteiger partial charge on any atom is 0.241 e. The second-order valence-corrected chi connectivity index (χ2v) is 4.37. The Labute approximate surface area is 103 Å². The number of carbonyl (C=O) groups excluding carboxylic acids is 1. The number of ether oxygens (including phenoxy) is 3. The van der Waals surface area contributed by atoms with Gasteiger partial charge in [-0.25, -0.2) is 5.84 Å². The van der Waals surface area contributed by atoms with Gasteiger partial charge in [-0.15, -0.1) is 0 Å². The van der Waals surface area contributed by atoms with Gasteiger partial charge < -0.3 is 14.2 Å². The van der Waals surface area contributed by atoms with Crippen molar-refractivity contribution in [2.45, 2.75) is 20.3 Å². The lowest BCUT2D eigenvalue weighted by atomic mass is 9.94. The van der Waals surface area contributed by atoms with E-state index >= 15 is 0 Å². The molecule has 0 spiro atoms. The van der Waals surface area contributed by atoms with Crippen molar-refractivity contribution in [3.05, 3.63) is 0 Å². The van der Waals surface area contributed by atoms with Crippen LogP contribution in [0.25, 0.3) is 0 Å². The lowest BCUT2D eigenvalue weighted by molar-refractivity contribution is -0.133. The fourth-order valence-corrected chi connectivity index (χ4v) is 1.11. The Morgan fingerprint density at radius 1 is 1.18 bits per heavy atom. The van der Waals surface area contributed by atoms with Crippen LogP contribution in [0.3, 0.4) is 0 Å². The van der Waals surface area contributed by atoms with E-state index in [1.807, 2.05) is 0 Å². The molecule has 0 aliphatic heterocycles. The van der Waals surface area contributed by atoms with Gasteiger partial charge in [0.05, 0.1) is 25.2 Å². The summed E-state index contributed by atoms with van der Waals surface area (Å²) < 4.78 is 15.5. The van der Waals surface area contributed by atoms with E-state index in [0.717, 1.165) is 6.42 Å². The van der Waals surface area contributed by atoms with Crippen LogP contribution in [-0.4, -0.2) is 46.1 Å². The third-order valence-corrected chi connectivity index (χ3v) is 2.22. The third kappa shape index (κ3) is 8.09. The number of rotatable bonds is 10. The highest BCUT2D eigenvalue weighted by Crippen LogP contribution is 2.14. The van der Waals surface area contributed by atoms with E-state index in [-0.39, 0.29) is 5.91 Å². The van der Waals surface area contributed by atoms with Crippen LogP contribution in [0.15, 0.2) is 0 Å². The predicted octanol–water partition coefficient (Wildman–Crippen LogP) is 0.0722. The summed E-state index contributed by atoms with van der Waals surface area (Å²) in [6, 6.07) is 0. The summed E-state index contributed by atoms with van der Waals surface area (Å²) in [5, 5.41) is 0. The van der Waals surface area contributed by atoms with Gasteiger partial charge in [-0.3, -0.25) is 10.2 Å². The minimum Gasteiger partial charge on any atom is -0.385 e. The number of amides is 1. The molecule has 0 bridgehead atoms. The van der Waals surface area contributed by atoms with Gasteiger partial charge >= 0.3 is 0 Å². The smallest absolute Gasteiger partial charge is 0.241 e. The molecule has 1 amide bonds. The number of hydrazine groups is 1. The highest BCUT2D eigenvalue weighted by molar-refractivity contribution is 5.81. The van der Waals surface area contributed by atoms with E-state index < -0.39 is 5.41 Å². The zero-order chi connectivity index (χ0) is 13.1. The van der Waals surface area contributed by atoms with Crippen molar-refractivity contribution < 1.29 is 19.0 Å². The van der Waals surface area contributed by atoms with E-state index in [9.17, 15) is 4.79 Å². The number of methoxy groups -OCH3 is 1. The molecule has 0 radical (unpaired) electrons. The maximum absolute atomic E-state index is 11.3. The topological polar surface area (TPSA) is 82.8 Å². The van der Waals surface area contributed by atoms with Crippen LogP contribution < -0.4 is 11.3 Å². The number of hydrogen-bond acceptors (Lipinski definition) is 5. The second kappa shape index (κ2) is 9.35. The standard InChI is InChI=1S/C11H24N2O4/c1-11(2,10(14)13-12)9-17-8-7-16-6-4-5-15-3/h4-9,12H2,1-3H3,(H,13,14). The molecule has 0 atom stereocenters. The molecule has 3 N–H and O–H groups in total. The van der Waals surface area contributed by atoms with Crippen LogP contribution in [0.1, 0.15) is 20.3 Å². The lowest BCUT2D eigenvalue weighted by Crippen LogP contribution is -2.43. The van der Waals surface area contributed by atoms with Gasteiger partial charge in [-0.2, -0.15) is 0 Å². The zero-order valence-electron chi connectivity index (χ0n) is 11.0. The Morgan fingerprint density at radius 2 is 1.82 bits per heavy atom. The highest BCUT2D eigenvalue weighted by Gasteiger charge is 2.26. The number of nitrogens with one attached hydrogen (secondary N) is 1. The van der Waals surface area contributed by atoms with Crippen LogP contribution in [-0.2, 0) is 19.0 Å². The average molecular weight is 248 g/mol. The Balaban J connectivity index is 3.42. The normalized spacial score (nSPS) is 11.5. The number of nitrogens with two attached hydrogens (primary N) is 1. The van der Waals surface area contributed by atoms with Crippen LogP contribution >= 0.6 is 0 Å². The molecule has 0 aromatic heterocycles. The molecule has 6 nitrogen and oxygen atoms in total. The Morgan fingerprint density at radius 3 is 2.41 bits per heavy atom. The van der Waals surface area contributed by atoms with Crippen molar-refractivity contribution in [1.29, 1.82) is 0 Å². The van der Waals surface area contributed by atoms with Gasteiger partial charge in [-0.1, -0.05) is 0 Å². The summed E-state index contributed by atoms with van der Waals surface area (Å²) in [6.45, 7) is 6.20. The molecular weight excluding hydrogens is 224 g/mol. The van der Waals surface area contributed by atoms with Crippen LogP contribution in [0.5, 0.6) is 0 Å². The first-order valence-electron chi connectivity index (χ1n) is 5.70. The Bertz CT molecular complexity index is 210. The first-order chi connectivity index (χ1) is 8.04. The first kappa shape index (κ1) is 16.3. The van der Waals surface area contributed by atoms with Crippen LogP contribution in [0.2, 0.25) is 0 Å². The molecule has 0 saturated carbocycles. The minimum atomic E-state index is -0.620. The summed E-state index contributed by atoms with van der Waals surface area (Å²) in [7, 11) is 1.66. The summed E-state index contributed by atoms with van der Waals surface area (Å²) >= 11 is 0. The molecule has 0 aliphatic carbocycles. The first-order valence-corrected chi connectivity index (χ1v) is 5.70. The van der Waals surface area contributed by atoms with Gasteiger partial charge in [0.2, 0.25) is 5.91 Å². The van der Waals surface area contributed by atoms with Gasteiger partial charge in [0.15, 0.2) is 0 Å². The Kier molecular flexibility index (Phi) is 8.97. The lowest BCUT2D eigenvalue weighted by Gasteiger charge is -2.21. The van der Waals surface area contributed by atoms with Crippen LogP contribution in [0.4, 0.5) is 0 Å². The maximum atomic E-state index is 11.3. The fourth-order valence-electron chi connectivity index (χ4n) is 1.11. The van der Waals surface area contributed by atoms with Crippen molar-refractivity contribution in [1.82, 2.24) is 5.43 Å². The summed E-state index contributed by atoms with van der Waals surface area (Å²) in [4.78, 5) is 11.3. The molecule has 0 aliphatic rings. The van der Waals surface area contributed by atoms with Gasteiger partial charge in [0.25, 0.3) is 0 Å². The molecule has 0 rings (SSSR count).